The monoisotopic (exact) mass is 357 g/mol. The van der Waals surface area contributed by atoms with E-state index >= 15 is 0 Å². The molecule has 7 nitrogen and oxygen atoms in total. The van der Waals surface area contributed by atoms with Crippen LogP contribution < -0.4 is 5.56 Å². The number of hydrogen-bond donors (Lipinski definition) is 1. The minimum Gasteiger partial charge on any atom is -0.466 e. The zero-order chi connectivity index (χ0) is 18.5. The predicted molar refractivity (Wildman–Crippen MR) is 96.6 cm³/mol. The molecule has 0 unspecified atom stereocenters. The lowest BCUT2D eigenvalue weighted by atomic mass is 9.98. The number of para-hydroxylation sites is 1. The molecule has 1 saturated heterocycles. The average molecular weight is 357 g/mol. The number of piperidine rings is 1. The average Bonchev–Trinajstić information content (AvgIpc) is 2.66. The Labute approximate surface area is 151 Å². The van der Waals surface area contributed by atoms with E-state index in [0.717, 1.165) is 12.8 Å². The van der Waals surface area contributed by atoms with Crippen LogP contribution in [0.2, 0.25) is 0 Å². The highest BCUT2D eigenvalue weighted by Gasteiger charge is 2.29. The van der Waals surface area contributed by atoms with Crippen LogP contribution in [-0.2, 0) is 20.7 Å². The lowest BCUT2D eigenvalue weighted by molar-refractivity contribution is -0.151. The van der Waals surface area contributed by atoms with Gasteiger partial charge in [0.2, 0.25) is 5.91 Å². The minimum absolute atomic E-state index is 0.0326. The van der Waals surface area contributed by atoms with E-state index in [2.05, 4.69) is 9.97 Å². The van der Waals surface area contributed by atoms with Crippen molar-refractivity contribution in [3.63, 3.8) is 0 Å². The summed E-state index contributed by atoms with van der Waals surface area (Å²) in [5.74, 6) is -0.00687. The highest BCUT2D eigenvalue weighted by atomic mass is 16.5. The van der Waals surface area contributed by atoms with Gasteiger partial charge in [-0.25, -0.2) is 4.98 Å². The number of fused-ring (bicyclic) bond motifs is 1. The molecule has 1 fully saturated rings. The first-order chi connectivity index (χ1) is 12.6. The fourth-order valence-corrected chi connectivity index (χ4v) is 3.29. The molecule has 0 aliphatic carbocycles. The maximum atomic E-state index is 12.5. The molecule has 1 aliphatic heterocycles. The number of nitrogens with zero attached hydrogens (tertiary/aromatic N) is 2. The summed E-state index contributed by atoms with van der Waals surface area (Å²) in [6, 6.07) is 7.12. The Bertz CT molecular complexity index is 861. The molecule has 3 rings (SSSR count). The summed E-state index contributed by atoms with van der Waals surface area (Å²) < 4.78 is 5.07. The van der Waals surface area contributed by atoms with Gasteiger partial charge in [-0.05, 0) is 31.9 Å². The molecular formula is C19H23N3O4. The molecule has 0 spiro atoms. The van der Waals surface area contributed by atoms with Gasteiger partial charge < -0.3 is 14.6 Å². The number of aromatic amines is 1. The maximum absolute atomic E-state index is 12.5. The number of carbonyl (C=O) groups excluding carboxylic acids is 2. The fourth-order valence-electron chi connectivity index (χ4n) is 3.29. The normalized spacial score (nSPS) is 17.3. The van der Waals surface area contributed by atoms with Gasteiger partial charge in [0.15, 0.2) is 0 Å². The first-order valence-electron chi connectivity index (χ1n) is 9.01. The molecule has 1 atom stereocenters. The second kappa shape index (κ2) is 8.12. The summed E-state index contributed by atoms with van der Waals surface area (Å²) >= 11 is 0. The van der Waals surface area contributed by atoms with Crippen molar-refractivity contribution >= 4 is 22.8 Å². The van der Waals surface area contributed by atoms with Gasteiger partial charge >= 0.3 is 5.97 Å². The lowest BCUT2D eigenvalue weighted by Crippen LogP contribution is -2.43. The molecule has 1 N–H and O–H groups in total. The highest BCUT2D eigenvalue weighted by Crippen LogP contribution is 2.19. The maximum Gasteiger partial charge on any atom is 0.310 e. The van der Waals surface area contributed by atoms with Crippen LogP contribution in [0.5, 0.6) is 0 Å². The Kier molecular flexibility index (Phi) is 5.65. The molecule has 7 heteroatoms. The molecule has 1 aliphatic rings. The third kappa shape index (κ3) is 4.09. The van der Waals surface area contributed by atoms with E-state index in [1.165, 1.54) is 0 Å². The molecular weight excluding hydrogens is 334 g/mol. The number of amides is 1. The molecule has 26 heavy (non-hydrogen) atoms. The van der Waals surface area contributed by atoms with Crippen LogP contribution in [0, 0.1) is 5.92 Å². The van der Waals surface area contributed by atoms with Gasteiger partial charge in [-0.1, -0.05) is 12.1 Å². The number of likely N-dealkylation sites (tertiary alicyclic amines) is 1. The Morgan fingerprint density at radius 1 is 1.35 bits per heavy atom. The Morgan fingerprint density at radius 2 is 2.15 bits per heavy atom. The quantitative estimate of drug-likeness (QED) is 0.822. The number of ether oxygens (including phenoxy) is 1. The summed E-state index contributed by atoms with van der Waals surface area (Å²) in [5, 5.41) is 0.538. The van der Waals surface area contributed by atoms with Gasteiger partial charge in [-0.15, -0.1) is 0 Å². The topological polar surface area (TPSA) is 92.4 Å². The fraction of sp³-hybridized carbons (Fsp3) is 0.474. The predicted octanol–water partition coefficient (Wildman–Crippen LogP) is 1.66. The number of hydrogen-bond acceptors (Lipinski definition) is 5. The summed E-state index contributed by atoms with van der Waals surface area (Å²) in [6.45, 7) is 3.18. The molecule has 1 aromatic heterocycles. The Balaban J connectivity index is 1.62. The van der Waals surface area contributed by atoms with Gasteiger partial charge in [-0.2, -0.15) is 0 Å². The molecule has 2 aromatic rings. The van der Waals surface area contributed by atoms with Gasteiger partial charge in [0.05, 0.1) is 23.4 Å². The number of esters is 1. The van der Waals surface area contributed by atoms with Gasteiger partial charge in [0.25, 0.3) is 5.56 Å². The summed E-state index contributed by atoms with van der Waals surface area (Å²) in [4.78, 5) is 45.4. The van der Waals surface area contributed by atoms with Crippen molar-refractivity contribution in [3.05, 3.63) is 40.4 Å². The van der Waals surface area contributed by atoms with E-state index in [1.807, 2.05) is 6.07 Å². The first kappa shape index (κ1) is 18.1. The number of H-pyrrole nitrogens is 1. The molecule has 0 saturated carbocycles. The van der Waals surface area contributed by atoms with Crippen LogP contribution >= 0.6 is 0 Å². The zero-order valence-corrected chi connectivity index (χ0v) is 14.9. The van der Waals surface area contributed by atoms with E-state index in [-0.39, 0.29) is 29.8 Å². The van der Waals surface area contributed by atoms with Crippen LogP contribution in [-0.4, -0.2) is 46.4 Å². The number of nitrogens with one attached hydrogen (secondary N) is 1. The number of benzene rings is 1. The first-order valence-corrected chi connectivity index (χ1v) is 9.01. The van der Waals surface area contributed by atoms with E-state index in [4.69, 9.17) is 4.74 Å². The number of rotatable bonds is 5. The SMILES string of the molecule is CCOC(=O)[C@@H]1CCCN(C(=O)CCc2nc3ccccc3c(=O)[nH]2)C1. The number of carbonyl (C=O) groups is 2. The molecule has 138 valence electrons. The van der Waals surface area contributed by atoms with Crippen LogP contribution in [0.15, 0.2) is 29.1 Å². The Hall–Kier alpha value is -2.70. The molecule has 0 bridgehead atoms. The van der Waals surface area contributed by atoms with Crippen molar-refractivity contribution in [1.82, 2.24) is 14.9 Å². The third-order valence-corrected chi connectivity index (χ3v) is 4.63. The number of aryl methyl sites for hydroxylation is 1. The Morgan fingerprint density at radius 3 is 2.96 bits per heavy atom. The van der Waals surface area contributed by atoms with Gasteiger partial charge in [-0.3, -0.25) is 14.4 Å². The standard InChI is InChI=1S/C19H23N3O4/c1-2-26-19(25)13-6-5-11-22(12-13)17(23)10-9-16-20-15-8-4-3-7-14(15)18(24)21-16/h3-4,7-8,13H,2,5-6,9-12H2,1H3,(H,20,21,24)/t13-/m1/s1. The van der Waals surface area contributed by atoms with E-state index in [9.17, 15) is 14.4 Å². The van der Waals surface area contributed by atoms with Crippen molar-refractivity contribution in [2.75, 3.05) is 19.7 Å². The van der Waals surface area contributed by atoms with Gasteiger partial charge in [0.1, 0.15) is 5.82 Å². The highest BCUT2D eigenvalue weighted by molar-refractivity contribution is 5.79. The zero-order valence-electron chi connectivity index (χ0n) is 14.9. The van der Waals surface area contributed by atoms with Crippen molar-refractivity contribution in [3.8, 4) is 0 Å². The molecule has 1 amide bonds. The molecule has 2 heterocycles. The number of aromatic nitrogens is 2. The second-order valence-electron chi connectivity index (χ2n) is 6.46. The largest absolute Gasteiger partial charge is 0.466 e. The molecule has 1 aromatic carbocycles. The van der Waals surface area contributed by atoms with E-state index < -0.39 is 0 Å². The second-order valence-corrected chi connectivity index (χ2v) is 6.46. The minimum atomic E-state index is -0.244. The van der Waals surface area contributed by atoms with E-state index in [1.54, 1.807) is 30.0 Å². The van der Waals surface area contributed by atoms with Crippen LogP contribution in [0.3, 0.4) is 0 Å². The van der Waals surface area contributed by atoms with Crippen LogP contribution in [0.1, 0.15) is 32.0 Å². The third-order valence-electron chi connectivity index (χ3n) is 4.63. The lowest BCUT2D eigenvalue weighted by Gasteiger charge is -2.31. The van der Waals surface area contributed by atoms with Crippen molar-refractivity contribution in [2.24, 2.45) is 5.92 Å². The van der Waals surface area contributed by atoms with E-state index in [0.29, 0.717) is 42.8 Å². The molecule has 0 radical (unpaired) electrons. The van der Waals surface area contributed by atoms with Crippen molar-refractivity contribution < 1.29 is 14.3 Å². The van der Waals surface area contributed by atoms with Crippen LogP contribution in [0.25, 0.3) is 10.9 Å². The van der Waals surface area contributed by atoms with Crippen molar-refractivity contribution in [1.29, 1.82) is 0 Å². The van der Waals surface area contributed by atoms with Gasteiger partial charge in [0, 0.05) is 25.9 Å². The summed E-state index contributed by atoms with van der Waals surface area (Å²) in [6.07, 6.45) is 2.15. The van der Waals surface area contributed by atoms with Crippen molar-refractivity contribution in [2.45, 2.75) is 32.6 Å². The smallest absolute Gasteiger partial charge is 0.310 e. The van der Waals surface area contributed by atoms with Crippen LogP contribution in [0.4, 0.5) is 0 Å². The summed E-state index contributed by atoms with van der Waals surface area (Å²) in [7, 11) is 0. The summed E-state index contributed by atoms with van der Waals surface area (Å²) in [5.41, 5.74) is 0.428.